The zero-order valence-electron chi connectivity index (χ0n) is 30.4. The van der Waals surface area contributed by atoms with Crippen LogP contribution < -0.4 is 5.32 Å². The van der Waals surface area contributed by atoms with Crippen LogP contribution in [-0.2, 0) is 6.42 Å². The largest absolute Gasteiger partial charge is 0.393 e. The molecule has 0 saturated heterocycles. The van der Waals surface area contributed by atoms with Crippen LogP contribution in [0.15, 0.2) is 83.8 Å². The van der Waals surface area contributed by atoms with Crippen LogP contribution in [-0.4, -0.2) is 51.7 Å². The monoisotopic (exact) mass is 724 g/mol. The SMILES string of the molecule is Cc1ccc(C(=O)C2=CC34C=CC25C(CCC2(C)C5CCC2(O)CN(CCc2cccs2)C(=O)NC(C)c2ccccc2)C3(C)CCC(O)C4)s1. The summed E-state index contributed by atoms with van der Waals surface area (Å²) < 4.78 is 0. The molecule has 6 nitrogen and oxygen atoms in total. The minimum Gasteiger partial charge on any atom is -0.393 e. The Morgan fingerprint density at radius 1 is 0.961 bits per heavy atom. The third kappa shape index (κ3) is 5.29. The summed E-state index contributed by atoms with van der Waals surface area (Å²) in [5.41, 5.74) is -0.685. The molecular formula is C43H52N2O4S2. The lowest BCUT2D eigenvalue weighted by Gasteiger charge is -2.71. The van der Waals surface area contributed by atoms with Gasteiger partial charge >= 0.3 is 6.03 Å². The first-order valence-electron chi connectivity index (χ1n) is 18.9. The number of hydrogen-bond acceptors (Lipinski definition) is 6. The van der Waals surface area contributed by atoms with Crippen molar-refractivity contribution in [2.24, 2.45) is 33.5 Å². The van der Waals surface area contributed by atoms with Crippen molar-refractivity contribution in [1.82, 2.24) is 10.2 Å². The lowest BCUT2D eigenvalue weighted by Crippen LogP contribution is -2.67. The molecule has 6 aliphatic rings. The molecule has 2 amide bonds. The van der Waals surface area contributed by atoms with Crippen molar-refractivity contribution < 1.29 is 19.8 Å². The second-order valence-corrected chi connectivity index (χ2v) is 19.2. The molecule has 3 fully saturated rings. The van der Waals surface area contributed by atoms with E-state index < -0.39 is 16.4 Å². The summed E-state index contributed by atoms with van der Waals surface area (Å²) in [6.45, 7) is 9.49. The van der Waals surface area contributed by atoms with Gasteiger partial charge in [0.2, 0.25) is 0 Å². The summed E-state index contributed by atoms with van der Waals surface area (Å²) in [4.78, 5) is 33.9. The molecule has 9 atom stereocenters. The highest BCUT2D eigenvalue weighted by molar-refractivity contribution is 7.14. The quantitative estimate of drug-likeness (QED) is 0.152. The maximum absolute atomic E-state index is 14.8. The smallest absolute Gasteiger partial charge is 0.317 e. The van der Waals surface area contributed by atoms with Gasteiger partial charge < -0.3 is 20.4 Å². The fourth-order valence-corrected chi connectivity index (χ4v) is 13.2. The van der Waals surface area contributed by atoms with Gasteiger partial charge in [-0.25, -0.2) is 4.79 Å². The van der Waals surface area contributed by atoms with Crippen LogP contribution in [0.3, 0.4) is 0 Å². The van der Waals surface area contributed by atoms with Crippen LogP contribution in [0.2, 0.25) is 0 Å². The van der Waals surface area contributed by atoms with Gasteiger partial charge in [0.25, 0.3) is 0 Å². The van der Waals surface area contributed by atoms with E-state index in [1.807, 2.05) is 67.3 Å². The van der Waals surface area contributed by atoms with E-state index in [1.165, 1.54) is 4.88 Å². The number of hydrogen-bond donors (Lipinski definition) is 3. The molecule has 2 bridgehead atoms. The number of aliphatic hydroxyl groups is 2. The first-order chi connectivity index (χ1) is 24.3. The van der Waals surface area contributed by atoms with Crippen molar-refractivity contribution >= 4 is 34.5 Å². The predicted octanol–water partition coefficient (Wildman–Crippen LogP) is 8.91. The number of nitrogens with zero attached hydrogens (tertiary/aromatic N) is 1. The van der Waals surface area contributed by atoms with E-state index in [9.17, 15) is 19.8 Å². The van der Waals surface area contributed by atoms with Gasteiger partial charge in [0.1, 0.15) is 0 Å². The van der Waals surface area contributed by atoms with Crippen LogP contribution in [0.4, 0.5) is 4.79 Å². The van der Waals surface area contributed by atoms with Crippen LogP contribution in [0.25, 0.3) is 0 Å². The van der Waals surface area contributed by atoms with E-state index in [-0.39, 0.29) is 53.2 Å². The van der Waals surface area contributed by atoms with Crippen LogP contribution in [0.5, 0.6) is 0 Å². The standard InChI is InChI=1S/C43H52N2O4S2/c1-28-12-13-34(51-28)37(47)33-26-41-21-22-43(33)35(39(41,3)18-14-31(46)25-41)15-19-40(4)36(43)16-20-42(40,49)27-45(23-17-32-11-8-24-50-32)38(48)44-29(2)30-9-6-5-7-10-30/h5-13,21-22,24,26,29,31,35-36,46,49H,14-20,23,25,27H2,1-4H3,(H,44,48). The second kappa shape index (κ2) is 12.5. The Morgan fingerprint density at radius 2 is 1.71 bits per heavy atom. The van der Waals surface area contributed by atoms with Gasteiger partial charge in [-0.3, -0.25) is 4.79 Å². The van der Waals surface area contributed by atoms with Crippen molar-refractivity contribution in [3.8, 4) is 0 Å². The number of fused-ring (bicyclic) bond motifs is 1. The van der Waals surface area contributed by atoms with E-state index in [2.05, 4.69) is 48.8 Å². The maximum Gasteiger partial charge on any atom is 0.317 e. The Labute approximate surface area is 310 Å². The van der Waals surface area contributed by atoms with Gasteiger partial charge in [-0.2, -0.15) is 0 Å². The van der Waals surface area contributed by atoms with E-state index in [1.54, 1.807) is 22.7 Å². The first kappa shape index (κ1) is 35.0. The number of carbonyl (C=O) groups excluding carboxylic acids is 2. The van der Waals surface area contributed by atoms with E-state index >= 15 is 0 Å². The number of aryl methyl sites for hydroxylation is 1. The molecule has 2 heterocycles. The van der Waals surface area contributed by atoms with Gasteiger partial charge in [0.15, 0.2) is 5.78 Å². The molecule has 6 aliphatic carbocycles. The molecule has 3 saturated carbocycles. The lowest BCUT2D eigenvalue weighted by molar-refractivity contribution is -0.174. The lowest BCUT2D eigenvalue weighted by atomic mass is 9.32. The van der Waals surface area contributed by atoms with E-state index in [0.29, 0.717) is 19.4 Å². The molecule has 2 spiro atoms. The second-order valence-electron chi connectivity index (χ2n) is 16.9. The molecule has 3 N–H and O–H groups in total. The molecule has 1 aromatic carbocycles. The number of amides is 2. The van der Waals surface area contributed by atoms with Crippen LogP contribution >= 0.6 is 22.7 Å². The summed E-state index contributed by atoms with van der Waals surface area (Å²) in [6, 6.07) is 17.8. The molecule has 9 unspecified atom stereocenters. The topological polar surface area (TPSA) is 89.9 Å². The molecule has 3 aromatic rings. The number of thiophene rings is 2. The number of carbonyl (C=O) groups is 2. The maximum atomic E-state index is 14.8. The minimum atomic E-state index is -1.13. The Bertz CT molecular complexity index is 1870. The van der Waals surface area contributed by atoms with Gasteiger partial charge in [-0.05, 0) is 112 Å². The summed E-state index contributed by atoms with van der Waals surface area (Å²) >= 11 is 3.25. The molecule has 51 heavy (non-hydrogen) atoms. The number of benzene rings is 1. The third-order valence-corrected chi connectivity index (χ3v) is 16.4. The number of nitrogens with one attached hydrogen (secondary N) is 1. The number of rotatable bonds is 9. The van der Waals surface area contributed by atoms with Crippen LogP contribution in [0.1, 0.15) is 96.7 Å². The Balaban J connectivity index is 1.15. The number of urea groups is 1. The van der Waals surface area contributed by atoms with E-state index in [0.717, 1.165) is 59.4 Å². The Kier molecular flexibility index (Phi) is 8.61. The number of ketones is 1. The molecule has 0 aliphatic heterocycles. The van der Waals surface area contributed by atoms with E-state index in [4.69, 9.17) is 0 Å². The molecule has 9 rings (SSSR count). The molecule has 8 heteroatoms. The van der Waals surface area contributed by atoms with Crippen molar-refractivity contribution in [3.05, 3.63) is 104 Å². The summed E-state index contributed by atoms with van der Waals surface area (Å²) in [5, 5.41) is 29.4. The van der Waals surface area contributed by atoms with Gasteiger partial charge in [-0.1, -0.05) is 68.5 Å². The fraction of sp³-hybridized carbons (Fsp3) is 0.535. The normalized spacial score (nSPS) is 36.8. The van der Waals surface area contributed by atoms with Crippen molar-refractivity contribution in [2.75, 3.05) is 13.1 Å². The summed E-state index contributed by atoms with van der Waals surface area (Å²) in [7, 11) is 0. The summed E-state index contributed by atoms with van der Waals surface area (Å²) in [5.74, 6) is 0.377. The third-order valence-electron chi connectivity index (χ3n) is 14.5. The Hall–Kier alpha value is -3.04. The highest BCUT2D eigenvalue weighted by Gasteiger charge is 2.74. The van der Waals surface area contributed by atoms with Crippen molar-refractivity contribution in [2.45, 2.75) is 96.8 Å². The predicted molar refractivity (Wildman–Crippen MR) is 205 cm³/mol. The molecule has 0 radical (unpaired) electrons. The van der Waals surface area contributed by atoms with Crippen molar-refractivity contribution in [1.29, 1.82) is 0 Å². The molecule has 2 aromatic heterocycles. The zero-order chi connectivity index (χ0) is 35.8. The number of allylic oxidation sites excluding steroid dienone is 4. The first-order valence-corrected chi connectivity index (χ1v) is 20.6. The Morgan fingerprint density at radius 3 is 2.43 bits per heavy atom. The molecular weight excluding hydrogens is 673 g/mol. The number of Topliss-reactive ketones (excluding diaryl/α,β-unsaturated/α-hetero) is 1. The average Bonchev–Trinajstić information content (AvgIpc) is 3.86. The zero-order valence-corrected chi connectivity index (χ0v) is 32.0. The minimum absolute atomic E-state index is 0.0358. The van der Waals surface area contributed by atoms with Gasteiger partial charge in [0.05, 0.1) is 29.2 Å². The molecule has 270 valence electrons. The highest BCUT2D eigenvalue weighted by Crippen LogP contribution is 2.78. The number of aliphatic hydroxyl groups excluding tert-OH is 1. The van der Waals surface area contributed by atoms with Gasteiger partial charge in [0, 0.05) is 38.1 Å². The highest BCUT2D eigenvalue weighted by atomic mass is 32.1. The van der Waals surface area contributed by atoms with Crippen molar-refractivity contribution in [3.63, 3.8) is 0 Å². The summed E-state index contributed by atoms with van der Waals surface area (Å²) in [6.07, 6.45) is 12.8. The fourth-order valence-electron chi connectivity index (χ4n) is 11.7. The average molecular weight is 725 g/mol. The van der Waals surface area contributed by atoms with Crippen LogP contribution in [0, 0.1) is 40.4 Å². The van der Waals surface area contributed by atoms with Gasteiger partial charge in [-0.15, -0.1) is 22.7 Å².